The van der Waals surface area contributed by atoms with Crippen molar-refractivity contribution in [3.63, 3.8) is 0 Å². The summed E-state index contributed by atoms with van der Waals surface area (Å²) in [6.07, 6.45) is 0. The highest BCUT2D eigenvalue weighted by atomic mass is 79.9. The van der Waals surface area contributed by atoms with Crippen molar-refractivity contribution >= 4 is 43.5 Å². The summed E-state index contributed by atoms with van der Waals surface area (Å²) in [5.74, 6) is -0.328. The molecule has 1 amide bonds. The van der Waals surface area contributed by atoms with Gasteiger partial charge in [0.05, 0.1) is 11.8 Å². The monoisotopic (exact) mass is 358 g/mol. The number of aryl methyl sites for hydroxylation is 1. The SMILES string of the molecule is Cc1cc(Br)c(NC(=O)C(C)(C)C#N)c(Br)c1. The van der Waals surface area contributed by atoms with Crippen LogP contribution in [0, 0.1) is 23.7 Å². The van der Waals surface area contributed by atoms with Gasteiger partial charge in [0.25, 0.3) is 0 Å². The summed E-state index contributed by atoms with van der Waals surface area (Å²) in [4.78, 5) is 11.9. The van der Waals surface area contributed by atoms with Gasteiger partial charge in [0, 0.05) is 8.95 Å². The van der Waals surface area contributed by atoms with Gasteiger partial charge in [-0.1, -0.05) is 0 Å². The van der Waals surface area contributed by atoms with Gasteiger partial charge in [0.15, 0.2) is 0 Å². The van der Waals surface area contributed by atoms with Gasteiger partial charge >= 0.3 is 0 Å². The van der Waals surface area contributed by atoms with Crippen molar-refractivity contribution < 1.29 is 4.79 Å². The van der Waals surface area contributed by atoms with E-state index in [-0.39, 0.29) is 5.91 Å². The normalized spacial score (nSPS) is 10.8. The molecule has 0 bridgehead atoms. The Morgan fingerprint density at radius 1 is 1.35 bits per heavy atom. The summed E-state index contributed by atoms with van der Waals surface area (Å²) in [7, 11) is 0. The molecule has 0 atom stereocenters. The Morgan fingerprint density at radius 3 is 2.24 bits per heavy atom. The Balaban J connectivity index is 3.06. The molecule has 0 aliphatic heterocycles. The van der Waals surface area contributed by atoms with Crippen molar-refractivity contribution in [3.8, 4) is 6.07 Å². The molecule has 0 fully saturated rings. The first-order valence-electron chi connectivity index (χ1n) is 4.96. The molecule has 1 aromatic carbocycles. The maximum absolute atomic E-state index is 11.9. The second-order valence-corrected chi connectivity index (χ2v) is 6.00. The number of amides is 1. The van der Waals surface area contributed by atoms with E-state index in [1.165, 1.54) is 0 Å². The van der Waals surface area contributed by atoms with Gasteiger partial charge in [0.1, 0.15) is 5.41 Å². The molecule has 0 aliphatic carbocycles. The van der Waals surface area contributed by atoms with Crippen molar-refractivity contribution in [2.24, 2.45) is 5.41 Å². The molecule has 1 N–H and O–H groups in total. The molecule has 0 aromatic heterocycles. The number of benzene rings is 1. The van der Waals surface area contributed by atoms with Gasteiger partial charge in [-0.15, -0.1) is 0 Å². The zero-order valence-electron chi connectivity index (χ0n) is 9.77. The number of hydrogen-bond donors (Lipinski definition) is 1. The second-order valence-electron chi connectivity index (χ2n) is 4.29. The van der Waals surface area contributed by atoms with Crippen LogP contribution in [0.25, 0.3) is 0 Å². The minimum atomic E-state index is -1.05. The van der Waals surface area contributed by atoms with Gasteiger partial charge < -0.3 is 5.32 Å². The molecular weight excluding hydrogens is 348 g/mol. The fourth-order valence-corrected chi connectivity index (χ4v) is 2.75. The number of rotatable bonds is 2. The summed E-state index contributed by atoms with van der Waals surface area (Å²) in [6, 6.07) is 5.77. The molecule has 0 aliphatic rings. The van der Waals surface area contributed by atoms with Crippen LogP contribution in [0.1, 0.15) is 19.4 Å². The smallest absolute Gasteiger partial charge is 0.244 e. The molecule has 1 aromatic rings. The van der Waals surface area contributed by atoms with Crippen LogP contribution < -0.4 is 5.32 Å². The number of carbonyl (C=O) groups is 1. The van der Waals surface area contributed by atoms with E-state index >= 15 is 0 Å². The first-order chi connectivity index (χ1) is 7.77. The Bertz CT molecular complexity index is 481. The van der Waals surface area contributed by atoms with Crippen LogP contribution in [0.15, 0.2) is 21.1 Å². The summed E-state index contributed by atoms with van der Waals surface area (Å²) in [5, 5.41) is 11.6. The first kappa shape index (κ1) is 14.2. The number of carbonyl (C=O) groups excluding carboxylic acids is 1. The Kier molecular flexibility index (Phi) is 4.34. The van der Waals surface area contributed by atoms with E-state index < -0.39 is 5.41 Å². The predicted molar refractivity (Wildman–Crippen MR) is 74.6 cm³/mol. The number of halogens is 2. The van der Waals surface area contributed by atoms with Crippen molar-refractivity contribution in [2.75, 3.05) is 5.32 Å². The van der Waals surface area contributed by atoms with Crippen LogP contribution >= 0.6 is 31.9 Å². The van der Waals surface area contributed by atoms with E-state index in [0.29, 0.717) is 5.69 Å². The number of hydrogen-bond acceptors (Lipinski definition) is 2. The molecule has 0 unspecified atom stereocenters. The minimum absolute atomic E-state index is 0.328. The lowest BCUT2D eigenvalue weighted by Gasteiger charge is -2.17. The van der Waals surface area contributed by atoms with E-state index in [1.54, 1.807) is 13.8 Å². The average Bonchev–Trinajstić information content (AvgIpc) is 2.22. The molecule has 1 rings (SSSR count). The summed E-state index contributed by atoms with van der Waals surface area (Å²) in [5.41, 5.74) is 0.661. The maximum atomic E-state index is 11.9. The molecule has 0 spiro atoms. The topological polar surface area (TPSA) is 52.9 Å². The summed E-state index contributed by atoms with van der Waals surface area (Å²) < 4.78 is 1.57. The molecule has 17 heavy (non-hydrogen) atoms. The van der Waals surface area contributed by atoms with Crippen LogP contribution in [0.3, 0.4) is 0 Å². The Labute approximate surface area is 117 Å². The lowest BCUT2D eigenvalue weighted by atomic mass is 9.94. The molecule has 0 saturated carbocycles. The maximum Gasteiger partial charge on any atom is 0.244 e. The number of nitrogens with zero attached hydrogens (tertiary/aromatic N) is 1. The third kappa shape index (κ3) is 3.30. The summed E-state index contributed by atoms with van der Waals surface area (Å²) in [6.45, 7) is 5.12. The van der Waals surface area contributed by atoms with Gasteiger partial charge in [0.2, 0.25) is 5.91 Å². The Morgan fingerprint density at radius 2 is 1.82 bits per heavy atom. The standard InChI is InChI=1S/C12H12Br2N2O/c1-7-4-8(13)10(9(14)5-7)16-11(17)12(2,3)6-15/h4-5H,1-3H3,(H,16,17). The van der Waals surface area contributed by atoms with Crippen LogP contribution in [0.2, 0.25) is 0 Å². The molecule has 90 valence electrons. The third-order valence-corrected chi connectivity index (χ3v) is 3.52. The fraction of sp³-hybridized carbons (Fsp3) is 0.333. The number of nitriles is 1. The van der Waals surface area contributed by atoms with Crippen LogP contribution in [-0.2, 0) is 4.79 Å². The van der Waals surface area contributed by atoms with Crippen LogP contribution in [0.5, 0.6) is 0 Å². The minimum Gasteiger partial charge on any atom is -0.323 e. The largest absolute Gasteiger partial charge is 0.323 e. The van der Waals surface area contributed by atoms with E-state index in [4.69, 9.17) is 5.26 Å². The van der Waals surface area contributed by atoms with Gasteiger partial charge in [-0.25, -0.2) is 0 Å². The molecule has 3 nitrogen and oxygen atoms in total. The van der Waals surface area contributed by atoms with Gasteiger partial charge in [-0.3, -0.25) is 4.79 Å². The molecular formula is C12H12Br2N2O. The zero-order valence-corrected chi connectivity index (χ0v) is 12.9. The highest BCUT2D eigenvalue weighted by Gasteiger charge is 2.28. The summed E-state index contributed by atoms with van der Waals surface area (Å²) >= 11 is 6.77. The quantitative estimate of drug-likeness (QED) is 0.867. The predicted octanol–water partition coefficient (Wildman–Crippen LogP) is 4.01. The van der Waals surface area contributed by atoms with E-state index in [2.05, 4.69) is 37.2 Å². The lowest BCUT2D eigenvalue weighted by Crippen LogP contribution is -2.29. The lowest BCUT2D eigenvalue weighted by molar-refractivity contribution is -0.121. The highest BCUT2D eigenvalue weighted by molar-refractivity contribution is 9.11. The first-order valence-corrected chi connectivity index (χ1v) is 6.55. The molecule has 0 heterocycles. The van der Waals surface area contributed by atoms with Crippen molar-refractivity contribution in [1.82, 2.24) is 0 Å². The van der Waals surface area contributed by atoms with Crippen molar-refractivity contribution in [2.45, 2.75) is 20.8 Å². The van der Waals surface area contributed by atoms with Gasteiger partial charge in [-0.2, -0.15) is 5.26 Å². The molecule has 0 saturated heterocycles. The van der Waals surface area contributed by atoms with Crippen molar-refractivity contribution in [1.29, 1.82) is 5.26 Å². The third-order valence-electron chi connectivity index (χ3n) is 2.27. The fourth-order valence-electron chi connectivity index (χ4n) is 1.14. The van der Waals surface area contributed by atoms with Crippen molar-refractivity contribution in [3.05, 3.63) is 26.6 Å². The van der Waals surface area contributed by atoms with Crippen LogP contribution in [0.4, 0.5) is 5.69 Å². The highest BCUT2D eigenvalue weighted by Crippen LogP contribution is 2.33. The van der Waals surface area contributed by atoms with E-state index in [0.717, 1.165) is 14.5 Å². The van der Waals surface area contributed by atoms with Crippen LogP contribution in [-0.4, -0.2) is 5.91 Å². The number of anilines is 1. The van der Waals surface area contributed by atoms with Gasteiger partial charge in [-0.05, 0) is 70.3 Å². The van der Waals surface area contributed by atoms with E-state index in [9.17, 15) is 4.79 Å². The average molecular weight is 360 g/mol. The second kappa shape index (κ2) is 5.19. The zero-order chi connectivity index (χ0) is 13.2. The number of nitrogens with one attached hydrogen (secondary N) is 1. The van der Waals surface area contributed by atoms with E-state index in [1.807, 2.05) is 25.1 Å². The molecule has 0 radical (unpaired) electrons. The molecule has 5 heteroatoms. The Hall–Kier alpha value is -0.860.